The van der Waals surface area contributed by atoms with Crippen LogP contribution in [0.3, 0.4) is 0 Å². The molecule has 1 unspecified atom stereocenters. The highest BCUT2D eigenvalue weighted by Crippen LogP contribution is 2.28. The van der Waals surface area contributed by atoms with E-state index in [0.29, 0.717) is 12.3 Å². The van der Waals surface area contributed by atoms with Gasteiger partial charge in [-0.05, 0) is 50.3 Å². The average molecular weight is 358 g/mol. The smallest absolute Gasteiger partial charge is 0.220 e. The number of rotatable bonds is 7. The Labute approximate surface area is 154 Å². The minimum atomic E-state index is 0.141. The summed E-state index contributed by atoms with van der Waals surface area (Å²) in [6.07, 6.45) is 2.56. The van der Waals surface area contributed by atoms with Crippen molar-refractivity contribution in [1.29, 1.82) is 0 Å². The summed E-state index contributed by atoms with van der Waals surface area (Å²) in [5, 5.41) is 3.06. The number of amides is 1. The Hall–Kier alpha value is -1.72. The van der Waals surface area contributed by atoms with Crippen LogP contribution in [0.1, 0.15) is 40.5 Å². The molecular weight excluding hydrogens is 330 g/mol. The molecule has 1 atom stereocenters. The van der Waals surface area contributed by atoms with Crippen LogP contribution in [-0.2, 0) is 11.2 Å². The molecule has 4 nitrogen and oxygen atoms in total. The van der Waals surface area contributed by atoms with Gasteiger partial charge in [0.05, 0.1) is 11.2 Å². The Morgan fingerprint density at radius 1 is 1.36 bits per heavy atom. The van der Waals surface area contributed by atoms with Gasteiger partial charge in [-0.2, -0.15) is 0 Å². The van der Waals surface area contributed by atoms with Crippen molar-refractivity contribution in [3.8, 4) is 0 Å². The molecule has 1 aliphatic heterocycles. The second-order valence-corrected chi connectivity index (χ2v) is 7.79. The predicted molar refractivity (Wildman–Crippen MR) is 103 cm³/mol. The van der Waals surface area contributed by atoms with E-state index in [0.717, 1.165) is 38.3 Å². The maximum Gasteiger partial charge on any atom is 0.220 e. The number of nitrogens with one attached hydrogen (secondary N) is 1. The van der Waals surface area contributed by atoms with Gasteiger partial charge in [0.25, 0.3) is 0 Å². The summed E-state index contributed by atoms with van der Waals surface area (Å²) in [7, 11) is 0. The molecule has 5 heteroatoms. The summed E-state index contributed by atoms with van der Waals surface area (Å²) in [6.45, 7) is 8.09. The first-order valence-corrected chi connectivity index (χ1v) is 9.95. The highest BCUT2D eigenvalue weighted by atomic mass is 32.1. The van der Waals surface area contributed by atoms with Crippen molar-refractivity contribution < 1.29 is 4.79 Å². The Morgan fingerprint density at radius 3 is 2.96 bits per heavy atom. The maximum absolute atomic E-state index is 12.0. The summed E-state index contributed by atoms with van der Waals surface area (Å²) < 4.78 is 0. The maximum atomic E-state index is 12.0. The lowest BCUT2D eigenvalue weighted by molar-refractivity contribution is -0.121. The molecule has 1 aliphatic rings. The van der Waals surface area contributed by atoms with E-state index in [1.165, 1.54) is 22.4 Å². The van der Waals surface area contributed by atoms with Crippen LogP contribution in [-0.4, -0.2) is 42.0 Å². The number of benzene rings is 1. The van der Waals surface area contributed by atoms with Crippen LogP contribution in [0.5, 0.6) is 0 Å². The van der Waals surface area contributed by atoms with E-state index in [9.17, 15) is 4.79 Å². The number of thiazole rings is 1. The lowest BCUT2D eigenvalue weighted by Crippen LogP contribution is -2.33. The fourth-order valence-corrected chi connectivity index (χ4v) is 4.35. The first kappa shape index (κ1) is 18.1. The van der Waals surface area contributed by atoms with Gasteiger partial charge < -0.3 is 10.2 Å². The third-order valence-corrected chi connectivity index (χ3v) is 6.07. The topological polar surface area (TPSA) is 45.2 Å². The Bertz CT molecular complexity index is 712. The fraction of sp³-hybridized carbons (Fsp3) is 0.500. The van der Waals surface area contributed by atoms with Gasteiger partial charge in [0.2, 0.25) is 5.91 Å². The molecule has 0 bridgehead atoms. The van der Waals surface area contributed by atoms with Gasteiger partial charge in [-0.1, -0.05) is 24.3 Å². The number of carbonyl (C=O) groups is 1. The van der Waals surface area contributed by atoms with Crippen LogP contribution >= 0.6 is 11.3 Å². The van der Waals surface area contributed by atoms with Crippen molar-refractivity contribution in [3.63, 3.8) is 0 Å². The summed E-state index contributed by atoms with van der Waals surface area (Å²) in [4.78, 5) is 19.9. The lowest BCUT2D eigenvalue weighted by Gasteiger charge is -2.17. The molecule has 0 radical (unpaired) electrons. The molecule has 0 spiro atoms. The van der Waals surface area contributed by atoms with Crippen molar-refractivity contribution in [1.82, 2.24) is 15.2 Å². The second-order valence-electron chi connectivity index (χ2n) is 6.85. The monoisotopic (exact) mass is 357 g/mol. The van der Waals surface area contributed by atoms with Crippen LogP contribution in [0.15, 0.2) is 29.8 Å². The predicted octanol–water partition coefficient (Wildman–Crippen LogP) is 3.30. The third kappa shape index (κ3) is 4.89. The summed E-state index contributed by atoms with van der Waals surface area (Å²) in [5.74, 6) is 0.772. The van der Waals surface area contributed by atoms with Crippen molar-refractivity contribution in [2.45, 2.75) is 39.0 Å². The van der Waals surface area contributed by atoms with Gasteiger partial charge in [0.1, 0.15) is 0 Å². The summed E-state index contributed by atoms with van der Waals surface area (Å²) in [5.41, 5.74) is 5.77. The minimum absolute atomic E-state index is 0.141. The number of aromatic nitrogens is 1. The SMILES string of the molecule is Cc1ccccc1C1CCN(CCNC(=O)CCc2scnc2C)C1. The molecule has 1 saturated heterocycles. The molecule has 0 aliphatic carbocycles. The van der Waals surface area contributed by atoms with E-state index in [-0.39, 0.29) is 5.91 Å². The molecular formula is C20H27N3OS. The average Bonchev–Trinajstić information content (AvgIpc) is 3.22. The Kier molecular flexibility index (Phi) is 6.21. The number of carbonyl (C=O) groups excluding carboxylic acids is 1. The van der Waals surface area contributed by atoms with Crippen LogP contribution < -0.4 is 5.32 Å². The van der Waals surface area contributed by atoms with Crippen LogP contribution in [0.2, 0.25) is 0 Å². The van der Waals surface area contributed by atoms with Gasteiger partial charge >= 0.3 is 0 Å². The number of hydrogen-bond donors (Lipinski definition) is 1. The molecule has 3 rings (SSSR count). The molecule has 1 N–H and O–H groups in total. The number of nitrogens with zero attached hydrogens (tertiary/aromatic N) is 2. The van der Waals surface area contributed by atoms with Gasteiger partial charge in [-0.15, -0.1) is 11.3 Å². The van der Waals surface area contributed by atoms with E-state index < -0.39 is 0 Å². The quantitative estimate of drug-likeness (QED) is 0.827. The third-order valence-electron chi connectivity index (χ3n) is 5.07. The minimum Gasteiger partial charge on any atom is -0.355 e. The highest BCUT2D eigenvalue weighted by molar-refractivity contribution is 7.09. The van der Waals surface area contributed by atoms with Crippen molar-refractivity contribution in [3.05, 3.63) is 51.5 Å². The summed E-state index contributed by atoms with van der Waals surface area (Å²) in [6, 6.07) is 8.70. The molecule has 2 heterocycles. The molecule has 1 amide bonds. The first-order valence-electron chi connectivity index (χ1n) is 9.07. The Balaban J connectivity index is 1.36. The number of aryl methyl sites for hydroxylation is 3. The molecule has 1 fully saturated rings. The normalized spacial score (nSPS) is 17.8. The zero-order valence-corrected chi connectivity index (χ0v) is 15.9. The largest absolute Gasteiger partial charge is 0.355 e. The van der Waals surface area contributed by atoms with Crippen LogP contribution in [0.25, 0.3) is 0 Å². The van der Waals surface area contributed by atoms with Gasteiger partial charge in [0.15, 0.2) is 0 Å². The fourth-order valence-electron chi connectivity index (χ4n) is 3.57. The molecule has 1 aromatic carbocycles. The molecule has 134 valence electrons. The zero-order valence-electron chi connectivity index (χ0n) is 15.1. The molecule has 1 aromatic heterocycles. The standard InChI is InChI=1S/C20H27N3OS/c1-15-5-3-4-6-18(15)17-9-11-23(13-17)12-10-21-20(24)8-7-19-16(2)22-14-25-19/h3-6,14,17H,7-13H2,1-2H3,(H,21,24). The zero-order chi connectivity index (χ0) is 17.6. The lowest BCUT2D eigenvalue weighted by atomic mass is 9.94. The Morgan fingerprint density at radius 2 is 2.20 bits per heavy atom. The van der Waals surface area contributed by atoms with Gasteiger partial charge in [0, 0.05) is 30.9 Å². The number of hydrogen-bond acceptors (Lipinski definition) is 4. The van der Waals surface area contributed by atoms with Crippen molar-refractivity contribution in [2.75, 3.05) is 26.2 Å². The van der Waals surface area contributed by atoms with E-state index in [1.807, 2.05) is 12.4 Å². The van der Waals surface area contributed by atoms with Crippen LogP contribution in [0, 0.1) is 13.8 Å². The van der Waals surface area contributed by atoms with Gasteiger partial charge in [-0.3, -0.25) is 4.79 Å². The van der Waals surface area contributed by atoms with E-state index in [2.05, 4.69) is 46.4 Å². The van der Waals surface area contributed by atoms with Crippen molar-refractivity contribution in [2.24, 2.45) is 0 Å². The molecule has 0 saturated carbocycles. The summed E-state index contributed by atoms with van der Waals surface area (Å²) >= 11 is 1.64. The van der Waals surface area contributed by atoms with Crippen LogP contribution in [0.4, 0.5) is 0 Å². The second kappa shape index (κ2) is 8.59. The number of likely N-dealkylation sites (tertiary alicyclic amines) is 1. The van der Waals surface area contributed by atoms with Crippen molar-refractivity contribution >= 4 is 17.2 Å². The van der Waals surface area contributed by atoms with Gasteiger partial charge in [-0.25, -0.2) is 4.98 Å². The van der Waals surface area contributed by atoms with E-state index in [4.69, 9.17) is 0 Å². The molecule has 2 aromatic rings. The molecule has 25 heavy (non-hydrogen) atoms. The first-order chi connectivity index (χ1) is 12.1. The van der Waals surface area contributed by atoms with E-state index >= 15 is 0 Å². The highest BCUT2D eigenvalue weighted by Gasteiger charge is 2.24. The van der Waals surface area contributed by atoms with E-state index in [1.54, 1.807) is 11.3 Å².